The molecule has 2 aromatic rings. The molecule has 0 heterocycles. The predicted octanol–water partition coefficient (Wildman–Crippen LogP) is 4.64. The summed E-state index contributed by atoms with van der Waals surface area (Å²) in [6, 6.07) is 8.99. The number of hydrogen-bond donors (Lipinski definition) is 1. The van der Waals surface area contributed by atoms with Crippen molar-refractivity contribution in [2.24, 2.45) is 0 Å². The molecule has 0 saturated carbocycles. The van der Waals surface area contributed by atoms with Gasteiger partial charge in [-0.15, -0.1) is 0 Å². The molecule has 0 aliphatic heterocycles. The van der Waals surface area contributed by atoms with Crippen LogP contribution in [0.5, 0.6) is 23.0 Å². The molecule has 0 unspecified atom stereocenters. The summed E-state index contributed by atoms with van der Waals surface area (Å²) in [5.74, 6) is -0.542. The van der Waals surface area contributed by atoms with Gasteiger partial charge < -0.3 is 9.84 Å². The van der Waals surface area contributed by atoms with Gasteiger partial charge in [-0.25, -0.2) is 0 Å². The quantitative estimate of drug-likeness (QED) is 0.864. The number of rotatable bonds is 2. The first-order valence-electron chi connectivity index (χ1n) is 4.70. The first-order chi connectivity index (χ1) is 8.09. The fraction of sp³-hybridized carbons (Fsp3) is 0. The van der Waals surface area contributed by atoms with E-state index >= 15 is 0 Å². The Morgan fingerprint density at radius 3 is 2.35 bits per heavy atom. The average Bonchev–Trinajstić information content (AvgIpc) is 2.32. The molecule has 2 aromatic carbocycles. The predicted molar refractivity (Wildman–Crippen MR) is 64.8 cm³/mol. The van der Waals surface area contributed by atoms with Crippen LogP contribution in [0.1, 0.15) is 0 Å². The van der Waals surface area contributed by atoms with Crippen LogP contribution in [0.2, 0.25) is 10.0 Å². The van der Waals surface area contributed by atoms with Crippen molar-refractivity contribution in [3.63, 3.8) is 0 Å². The van der Waals surface area contributed by atoms with Gasteiger partial charge in [-0.2, -0.15) is 0 Å². The molecular formula is C12H7Cl2O3. The van der Waals surface area contributed by atoms with Crippen LogP contribution in [0, 0.1) is 0 Å². The van der Waals surface area contributed by atoms with Crippen molar-refractivity contribution in [2.75, 3.05) is 0 Å². The maximum atomic E-state index is 11.4. The number of aromatic hydroxyl groups is 1. The maximum Gasteiger partial charge on any atom is 0.221 e. The van der Waals surface area contributed by atoms with Gasteiger partial charge in [-0.05, 0) is 24.3 Å². The highest BCUT2D eigenvalue weighted by Crippen LogP contribution is 2.43. The Labute approximate surface area is 108 Å². The minimum Gasteiger partial charge on any atom is -0.503 e. The van der Waals surface area contributed by atoms with E-state index in [2.05, 4.69) is 0 Å². The zero-order chi connectivity index (χ0) is 12.4. The van der Waals surface area contributed by atoms with Crippen LogP contribution in [0.15, 0.2) is 36.4 Å². The van der Waals surface area contributed by atoms with E-state index in [1.54, 1.807) is 12.1 Å². The van der Waals surface area contributed by atoms with E-state index in [4.69, 9.17) is 27.9 Å². The third kappa shape index (κ3) is 2.40. The molecule has 0 spiro atoms. The Morgan fingerprint density at radius 1 is 1.00 bits per heavy atom. The Kier molecular flexibility index (Phi) is 3.31. The lowest BCUT2D eigenvalue weighted by molar-refractivity contribution is 0.325. The second kappa shape index (κ2) is 4.73. The topological polar surface area (TPSA) is 49.4 Å². The largest absolute Gasteiger partial charge is 0.503 e. The number of para-hydroxylation sites is 2. The van der Waals surface area contributed by atoms with E-state index in [1.165, 1.54) is 24.3 Å². The smallest absolute Gasteiger partial charge is 0.221 e. The normalized spacial score (nSPS) is 10.2. The van der Waals surface area contributed by atoms with Crippen molar-refractivity contribution in [3.05, 3.63) is 46.4 Å². The van der Waals surface area contributed by atoms with Crippen molar-refractivity contribution in [1.82, 2.24) is 0 Å². The minimum atomic E-state index is -0.303. The molecular weight excluding hydrogens is 263 g/mol. The third-order valence-electron chi connectivity index (χ3n) is 2.10. The van der Waals surface area contributed by atoms with Crippen molar-refractivity contribution in [2.45, 2.75) is 0 Å². The summed E-state index contributed by atoms with van der Waals surface area (Å²) in [5.41, 5.74) is 0. The number of ether oxygens (including phenoxy) is 1. The summed E-state index contributed by atoms with van der Waals surface area (Å²) in [4.78, 5) is 0. The van der Waals surface area contributed by atoms with Crippen LogP contribution in [-0.4, -0.2) is 5.11 Å². The van der Waals surface area contributed by atoms with Gasteiger partial charge in [0.05, 0.1) is 10.0 Å². The Bertz CT molecular complexity index is 555. The van der Waals surface area contributed by atoms with Gasteiger partial charge in [-0.1, -0.05) is 35.3 Å². The minimum absolute atomic E-state index is 0.0255. The molecule has 1 radical (unpaired) electrons. The molecule has 0 bridgehead atoms. The summed E-state index contributed by atoms with van der Waals surface area (Å²) >= 11 is 11.6. The molecule has 3 nitrogen and oxygen atoms in total. The van der Waals surface area contributed by atoms with Crippen LogP contribution in [-0.2, 0) is 5.11 Å². The zero-order valence-electron chi connectivity index (χ0n) is 8.48. The van der Waals surface area contributed by atoms with Gasteiger partial charge in [0.25, 0.3) is 0 Å². The fourth-order valence-electron chi connectivity index (χ4n) is 1.26. The standard InChI is InChI=1S/C12H7Cl2O3/c13-7-5-6-8(14)12(11(7)16)17-10-4-2-1-3-9(10)15/h1-6,16H. The van der Waals surface area contributed by atoms with E-state index in [0.717, 1.165) is 0 Å². The Balaban J connectivity index is 2.43. The number of phenolic OH excluding ortho intramolecular Hbond substituents is 1. The Morgan fingerprint density at radius 2 is 1.65 bits per heavy atom. The van der Waals surface area contributed by atoms with E-state index < -0.39 is 0 Å². The van der Waals surface area contributed by atoms with Gasteiger partial charge >= 0.3 is 0 Å². The molecule has 0 aromatic heterocycles. The second-order valence-corrected chi connectivity index (χ2v) is 4.07. The SMILES string of the molecule is [O]c1ccccc1Oc1c(Cl)ccc(Cl)c1O. The summed E-state index contributed by atoms with van der Waals surface area (Å²) in [7, 11) is 0. The summed E-state index contributed by atoms with van der Waals surface area (Å²) in [5, 5.41) is 21.4. The molecule has 1 N–H and O–H groups in total. The number of phenols is 1. The molecule has 87 valence electrons. The number of halogens is 2. The van der Waals surface area contributed by atoms with Crippen LogP contribution in [0.4, 0.5) is 0 Å². The molecule has 17 heavy (non-hydrogen) atoms. The summed E-state index contributed by atoms with van der Waals surface area (Å²) in [6.07, 6.45) is 0. The lowest BCUT2D eigenvalue weighted by Crippen LogP contribution is -1.87. The molecule has 0 saturated heterocycles. The first kappa shape index (κ1) is 11.9. The monoisotopic (exact) mass is 269 g/mol. The van der Waals surface area contributed by atoms with E-state index in [1.807, 2.05) is 0 Å². The highest BCUT2D eigenvalue weighted by molar-refractivity contribution is 6.35. The van der Waals surface area contributed by atoms with Crippen LogP contribution < -0.4 is 4.74 Å². The average molecular weight is 270 g/mol. The maximum absolute atomic E-state index is 11.4. The lowest BCUT2D eigenvalue weighted by atomic mass is 10.3. The van der Waals surface area contributed by atoms with Crippen LogP contribution in [0.25, 0.3) is 0 Å². The van der Waals surface area contributed by atoms with Gasteiger partial charge in [-0.3, -0.25) is 5.11 Å². The number of hydrogen-bond acceptors (Lipinski definition) is 2. The van der Waals surface area contributed by atoms with Crippen molar-refractivity contribution in [1.29, 1.82) is 0 Å². The zero-order valence-corrected chi connectivity index (χ0v) is 10.00. The molecule has 2 rings (SSSR count). The molecule has 0 atom stereocenters. The third-order valence-corrected chi connectivity index (χ3v) is 2.70. The molecule has 5 heteroatoms. The van der Waals surface area contributed by atoms with Gasteiger partial charge in [0.2, 0.25) is 5.75 Å². The fourth-order valence-corrected chi connectivity index (χ4v) is 1.60. The molecule has 0 aliphatic carbocycles. The second-order valence-electron chi connectivity index (χ2n) is 3.26. The van der Waals surface area contributed by atoms with Gasteiger partial charge in [0, 0.05) is 0 Å². The van der Waals surface area contributed by atoms with Crippen molar-refractivity contribution >= 4 is 23.2 Å². The van der Waals surface area contributed by atoms with Gasteiger partial charge in [0.1, 0.15) is 0 Å². The van der Waals surface area contributed by atoms with E-state index in [0.29, 0.717) is 0 Å². The number of benzene rings is 2. The van der Waals surface area contributed by atoms with Crippen LogP contribution >= 0.6 is 23.2 Å². The first-order valence-corrected chi connectivity index (χ1v) is 5.46. The van der Waals surface area contributed by atoms with E-state index in [-0.39, 0.29) is 33.0 Å². The molecule has 0 fully saturated rings. The van der Waals surface area contributed by atoms with Crippen molar-refractivity contribution in [3.8, 4) is 23.0 Å². The van der Waals surface area contributed by atoms with Gasteiger partial charge in [0.15, 0.2) is 17.2 Å². The Hall–Kier alpha value is -1.58. The molecule has 0 amide bonds. The highest BCUT2D eigenvalue weighted by atomic mass is 35.5. The van der Waals surface area contributed by atoms with E-state index in [9.17, 15) is 10.2 Å². The van der Waals surface area contributed by atoms with Crippen molar-refractivity contribution < 1.29 is 14.9 Å². The highest BCUT2D eigenvalue weighted by Gasteiger charge is 2.14. The summed E-state index contributed by atoms with van der Waals surface area (Å²) < 4.78 is 5.27. The lowest BCUT2D eigenvalue weighted by Gasteiger charge is -2.10. The summed E-state index contributed by atoms with van der Waals surface area (Å²) in [6.45, 7) is 0. The molecule has 0 aliphatic rings. The van der Waals surface area contributed by atoms with Crippen LogP contribution in [0.3, 0.4) is 0 Å².